The summed E-state index contributed by atoms with van der Waals surface area (Å²) in [6.07, 6.45) is 0. The Morgan fingerprint density at radius 3 is 2.30 bits per heavy atom. The zero-order valence-electron chi connectivity index (χ0n) is 12.2. The van der Waals surface area contributed by atoms with Crippen LogP contribution < -0.4 is 5.32 Å². The van der Waals surface area contributed by atoms with Crippen LogP contribution in [0.2, 0.25) is 10.0 Å². The van der Waals surface area contributed by atoms with Crippen LogP contribution >= 0.6 is 35.8 Å². The number of nitrogens with zero attached hydrogens (tertiary/aromatic N) is 1. The summed E-state index contributed by atoms with van der Waals surface area (Å²) in [5, 5.41) is 2.75. The van der Waals surface area contributed by atoms with Crippen LogP contribution in [0.5, 0.6) is 0 Å². The van der Waals surface area contributed by atoms with Gasteiger partial charge in [-0.25, -0.2) is 4.79 Å². The smallest absolute Gasteiger partial charge is 0.307 e. The number of imide groups is 1. The zero-order valence-corrected chi connectivity index (χ0v) is 14.6. The summed E-state index contributed by atoms with van der Waals surface area (Å²) in [6.45, 7) is 1.98. The topological polar surface area (TPSA) is 49.4 Å². The van der Waals surface area contributed by atoms with Crippen LogP contribution in [0.15, 0.2) is 42.5 Å². The standard InChI is InChI=1S/C16H14Cl2N2O2S/c1-10-2-5-12(6-3-10)19-15(21)20(16(22)23)9-11-4-7-13(17)14(18)8-11/h2-8H,9H2,1H3,(H,19,21)(H,22,23). The average Bonchev–Trinajstić information content (AvgIpc) is 2.50. The molecule has 1 N–H and O–H groups in total. The van der Waals surface area contributed by atoms with Crippen molar-refractivity contribution in [2.75, 3.05) is 5.32 Å². The van der Waals surface area contributed by atoms with E-state index in [2.05, 4.69) is 17.9 Å². The molecule has 0 fully saturated rings. The second-order valence-corrected chi connectivity index (χ2v) is 6.11. The van der Waals surface area contributed by atoms with Crippen LogP contribution in [0, 0.1) is 6.92 Å². The molecular weight excluding hydrogens is 355 g/mol. The fourth-order valence-corrected chi connectivity index (χ4v) is 2.36. The van der Waals surface area contributed by atoms with E-state index >= 15 is 0 Å². The van der Waals surface area contributed by atoms with Crippen molar-refractivity contribution in [2.45, 2.75) is 13.5 Å². The van der Waals surface area contributed by atoms with Gasteiger partial charge in [-0.3, -0.25) is 9.69 Å². The number of benzene rings is 2. The first-order chi connectivity index (χ1) is 10.9. The van der Waals surface area contributed by atoms with Gasteiger partial charge in [0.1, 0.15) is 0 Å². The number of rotatable bonds is 3. The largest absolute Gasteiger partial charge is 0.329 e. The minimum Gasteiger partial charge on any atom is -0.307 e. The van der Waals surface area contributed by atoms with Gasteiger partial charge in [-0.15, -0.1) is 0 Å². The van der Waals surface area contributed by atoms with Crippen molar-refractivity contribution in [2.24, 2.45) is 0 Å². The van der Waals surface area contributed by atoms with Crippen molar-refractivity contribution in [1.82, 2.24) is 4.90 Å². The maximum Gasteiger partial charge on any atom is 0.329 e. The number of nitrogens with one attached hydrogen (secondary N) is 1. The Bertz CT molecular complexity index is 735. The number of hydrogen-bond acceptors (Lipinski definition) is 2. The summed E-state index contributed by atoms with van der Waals surface area (Å²) < 4.78 is 0. The van der Waals surface area contributed by atoms with Gasteiger partial charge in [0.2, 0.25) is 0 Å². The van der Waals surface area contributed by atoms with Gasteiger partial charge in [0.25, 0.3) is 5.24 Å². The number of thiol groups is 1. The van der Waals surface area contributed by atoms with Gasteiger partial charge in [0, 0.05) is 5.69 Å². The van der Waals surface area contributed by atoms with E-state index in [-0.39, 0.29) is 6.54 Å². The molecule has 2 rings (SSSR count). The van der Waals surface area contributed by atoms with Crippen LogP contribution in [0.25, 0.3) is 0 Å². The van der Waals surface area contributed by atoms with Gasteiger partial charge in [-0.2, -0.15) is 0 Å². The summed E-state index contributed by atoms with van der Waals surface area (Å²) >= 11 is 15.6. The lowest BCUT2D eigenvalue weighted by molar-refractivity contribution is 0.207. The molecular formula is C16H14Cl2N2O2S. The summed E-state index contributed by atoms with van der Waals surface area (Å²) in [6, 6.07) is 11.6. The lowest BCUT2D eigenvalue weighted by Crippen LogP contribution is -2.36. The van der Waals surface area contributed by atoms with E-state index in [1.165, 1.54) is 0 Å². The molecule has 2 aromatic rings. The number of anilines is 1. The number of amides is 3. The van der Waals surface area contributed by atoms with Crippen LogP contribution in [0.1, 0.15) is 11.1 Å². The molecule has 0 unspecified atom stereocenters. The molecule has 4 nitrogen and oxygen atoms in total. The predicted octanol–water partition coefficient (Wildman–Crippen LogP) is 5.39. The van der Waals surface area contributed by atoms with Gasteiger partial charge >= 0.3 is 6.03 Å². The van der Waals surface area contributed by atoms with E-state index in [1.54, 1.807) is 30.3 Å². The van der Waals surface area contributed by atoms with Crippen LogP contribution in [-0.4, -0.2) is 16.2 Å². The number of urea groups is 1. The van der Waals surface area contributed by atoms with E-state index in [4.69, 9.17) is 23.2 Å². The number of hydrogen-bond donors (Lipinski definition) is 2. The molecule has 0 aliphatic carbocycles. The summed E-state index contributed by atoms with van der Waals surface area (Å²) in [5.41, 5.74) is 2.33. The molecule has 0 aliphatic heterocycles. The lowest BCUT2D eigenvalue weighted by atomic mass is 10.2. The lowest BCUT2D eigenvalue weighted by Gasteiger charge is -2.19. The van der Waals surface area contributed by atoms with Gasteiger partial charge < -0.3 is 5.32 Å². The number of halogens is 2. The Balaban J connectivity index is 2.13. The summed E-state index contributed by atoms with van der Waals surface area (Å²) in [7, 11) is 0. The highest BCUT2D eigenvalue weighted by Gasteiger charge is 2.19. The molecule has 0 radical (unpaired) electrons. The first kappa shape index (κ1) is 17.7. The van der Waals surface area contributed by atoms with Crippen LogP contribution in [0.3, 0.4) is 0 Å². The molecule has 2 aromatic carbocycles. The second-order valence-electron chi connectivity index (χ2n) is 4.91. The molecule has 0 saturated heterocycles. The molecule has 23 heavy (non-hydrogen) atoms. The number of aryl methyl sites for hydroxylation is 1. The van der Waals surface area contributed by atoms with Crippen molar-refractivity contribution in [1.29, 1.82) is 0 Å². The Labute approximate surface area is 149 Å². The van der Waals surface area contributed by atoms with Crippen LogP contribution in [-0.2, 0) is 6.54 Å². The summed E-state index contributed by atoms with van der Waals surface area (Å²) in [4.78, 5) is 24.9. The average molecular weight is 369 g/mol. The molecule has 7 heteroatoms. The van der Waals surface area contributed by atoms with Crippen LogP contribution in [0.4, 0.5) is 15.3 Å². The molecule has 0 atom stereocenters. The Morgan fingerprint density at radius 1 is 1.09 bits per heavy atom. The molecule has 0 bridgehead atoms. The highest BCUT2D eigenvalue weighted by molar-refractivity contribution is 7.96. The zero-order chi connectivity index (χ0) is 17.0. The van der Waals surface area contributed by atoms with Crippen molar-refractivity contribution < 1.29 is 9.59 Å². The molecule has 0 spiro atoms. The Morgan fingerprint density at radius 2 is 1.74 bits per heavy atom. The fourth-order valence-electron chi connectivity index (χ4n) is 1.87. The third-order valence-electron chi connectivity index (χ3n) is 3.10. The Hall–Kier alpha value is -1.69. The van der Waals surface area contributed by atoms with Crippen molar-refractivity contribution in [3.8, 4) is 0 Å². The molecule has 120 valence electrons. The third-order valence-corrected chi connectivity index (χ3v) is 4.08. The minimum atomic E-state index is -0.666. The highest BCUT2D eigenvalue weighted by atomic mass is 35.5. The maximum atomic E-state index is 12.3. The van der Waals surface area contributed by atoms with E-state index in [0.717, 1.165) is 10.5 Å². The van der Waals surface area contributed by atoms with Crippen molar-refractivity contribution in [3.05, 3.63) is 63.6 Å². The van der Waals surface area contributed by atoms with Gasteiger partial charge in [-0.05, 0) is 36.8 Å². The molecule has 0 saturated carbocycles. The molecule has 3 amide bonds. The number of carbonyl (C=O) groups excluding carboxylic acids is 2. The van der Waals surface area contributed by atoms with E-state index < -0.39 is 11.3 Å². The monoisotopic (exact) mass is 368 g/mol. The molecule has 0 aliphatic rings. The van der Waals surface area contributed by atoms with Gasteiger partial charge in [0.15, 0.2) is 0 Å². The quantitative estimate of drug-likeness (QED) is 0.713. The third kappa shape index (κ3) is 4.89. The maximum absolute atomic E-state index is 12.3. The van der Waals surface area contributed by atoms with Crippen molar-refractivity contribution in [3.63, 3.8) is 0 Å². The molecule has 0 heterocycles. The van der Waals surface area contributed by atoms with Crippen molar-refractivity contribution >= 4 is 52.8 Å². The minimum absolute atomic E-state index is 0.0386. The summed E-state index contributed by atoms with van der Waals surface area (Å²) in [5.74, 6) is 0. The first-order valence-corrected chi connectivity index (χ1v) is 7.89. The second kappa shape index (κ2) is 7.73. The van der Waals surface area contributed by atoms with E-state index in [0.29, 0.717) is 21.3 Å². The Kier molecular flexibility index (Phi) is 5.93. The predicted molar refractivity (Wildman–Crippen MR) is 96.6 cm³/mol. The normalized spacial score (nSPS) is 10.3. The SMILES string of the molecule is Cc1ccc(NC(=O)N(Cc2ccc(Cl)c(Cl)c2)C(=O)S)cc1. The van der Waals surface area contributed by atoms with E-state index in [9.17, 15) is 9.59 Å². The fraction of sp³-hybridized carbons (Fsp3) is 0.125. The first-order valence-electron chi connectivity index (χ1n) is 6.69. The molecule has 0 aromatic heterocycles. The van der Waals surface area contributed by atoms with E-state index in [1.807, 2.05) is 19.1 Å². The number of carbonyl (C=O) groups is 2. The van der Waals surface area contributed by atoms with Gasteiger partial charge in [-0.1, -0.05) is 59.6 Å². The van der Waals surface area contributed by atoms with Gasteiger partial charge in [0.05, 0.1) is 16.6 Å². The highest BCUT2D eigenvalue weighted by Crippen LogP contribution is 2.23.